The Labute approximate surface area is 120 Å². The smallest absolute Gasteiger partial charge is 0.359 e. The molecule has 1 aromatic rings. The molecule has 0 heterocycles. The molecule has 0 aliphatic rings. The Morgan fingerprint density at radius 3 is 2.14 bits per heavy atom. The summed E-state index contributed by atoms with van der Waals surface area (Å²) in [5, 5.41) is 10.9. The number of carbonyl (C=O) groups excluding carboxylic acids is 2. The highest BCUT2D eigenvalue weighted by Gasteiger charge is 2.33. The molecule has 0 unspecified atom stereocenters. The molecule has 0 saturated carbocycles. The van der Waals surface area contributed by atoms with Crippen LogP contribution in [-0.4, -0.2) is 36.2 Å². The fraction of sp³-hybridized carbons (Fsp3) is 0.385. The lowest BCUT2D eigenvalue weighted by atomic mass is 10.3. The van der Waals surface area contributed by atoms with Crippen LogP contribution in [0.15, 0.2) is 24.3 Å². The molecule has 0 aliphatic carbocycles. The highest BCUT2D eigenvalue weighted by molar-refractivity contribution is 5.98. The van der Waals surface area contributed by atoms with Gasteiger partial charge in [-0.2, -0.15) is 0 Å². The lowest BCUT2D eigenvalue weighted by molar-refractivity contribution is -0.386. The quantitative estimate of drug-likeness (QED) is 0.325. The second-order valence-corrected chi connectivity index (χ2v) is 3.73. The van der Waals surface area contributed by atoms with Crippen LogP contribution in [-0.2, 0) is 19.1 Å². The maximum atomic E-state index is 11.7. The third-order valence-electron chi connectivity index (χ3n) is 2.31. The first-order valence-corrected chi connectivity index (χ1v) is 6.24. The van der Waals surface area contributed by atoms with Crippen molar-refractivity contribution in [2.75, 3.05) is 13.2 Å². The van der Waals surface area contributed by atoms with Crippen molar-refractivity contribution >= 4 is 17.6 Å². The molecule has 1 rings (SSSR count). The van der Waals surface area contributed by atoms with Crippen LogP contribution >= 0.6 is 0 Å². The predicted octanol–water partition coefficient (Wildman–Crippen LogP) is 1.47. The van der Waals surface area contributed by atoms with Crippen molar-refractivity contribution in [3.05, 3.63) is 34.4 Å². The number of rotatable bonds is 7. The monoisotopic (exact) mass is 297 g/mol. The average Bonchev–Trinajstić information content (AvgIpc) is 2.45. The van der Waals surface area contributed by atoms with Crippen LogP contribution in [0, 0.1) is 10.1 Å². The van der Waals surface area contributed by atoms with Gasteiger partial charge in [0.25, 0.3) is 6.10 Å². The molecule has 8 heteroatoms. The molecular weight excluding hydrogens is 282 g/mol. The number of para-hydroxylation sites is 2. The van der Waals surface area contributed by atoms with Gasteiger partial charge < -0.3 is 14.2 Å². The number of benzene rings is 1. The number of nitrogens with zero attached hydrogens (tertiary/aromatic N) is 1. The van der Waals surface area contributed by atoms with Crippen LogP contribution in [0.2, 0.25) is 0 Å². The summed E-state index contributed by atoms with van der Waals surface area (Å²) in [6.45, 7) is 3.19. The van der Waals surface area contributed by atoms with Gasteiger partial charge in [0.2, 0.25) is 0 Å². The van der Waals surface area contributed by atoms with Crippen molar-refractivity contribution in [2.45, 2.75) is 20.0 Å². The number of nitro benzene ring substituents is 1. The first-order valence-electron chi connectivity index (χ1n) is 6.24. The summed E-state index contributed by atoms with van der Waals surface area (Å²) >= 11 is 0. The Hall–Kier alpha value is -2.64. The maximum absolute atomic E-state index is 11.7. The first kappa shape index (κ1) is 16.4. The van der Waals surface area contributed by atoms with Crippen molar-refractivity contribution in [3.8, 4) is 5.75 Å². The molecule has 0 radical (unpaired) electrons. The van der Waals surface area contributed by atoms with E-state index in [0.29, 0.717) is 0 Å². The molecule has 0 fully saturated rings. The number of carbonyl (C=O) groups is 2. The molecule has 0 saturated heterocycles. The molecule has 21 heavy (non-hydrogen) atoms. The van der Waals surface area contributed by atoms with Gasteiger partial charge in [-0.05, 0) is 19.9 Å². The Morgan fingerprint density at radius 1 is 1.14 bits per heavy atom. The van der Waals surface area contributed by atoms with E-state index in [0.717, 1.165) is 0 Å². The van der Waals surface area contributed by atoms with Crippen LogP contribution < -0.4 is 4.74 Å². The van der Waals surface area contributed by atoms with E-state index in [1.165, 1.54) is 24.3 Å². The highest BCUT2D eigenvalue weighted by atomic mass is 16.6. The summed E-state index contributed by atoms with van der Waals surface area (Å²) in [7, 11) is 0. The summed E-state index contributed by atoms with van der Waals surface area (Å²) in [6.07, 6.45) is -1.70. The minimum absolute atomic E-state index is 0.0367. The van der Waals surface area contributed by atoms with E-state index in [9.17, 15) is 19.7 Å². The van der Waals surface area contributed by atoms with E-state index in [4.69, 9.17) is 14.2 Å². The number of hydrogen-bond acceptors (Lipinski definition) is 7. The number of hydrogen-bond donors (Lipinski definition) is 0. The minimum atomic E-state index is -1.70. The number of ether oxygens (including phenoxy) is 3. The maximum Gasteiger partial charge on any atom is 0.359 e. The van der Waals surface area contributed by atoms with Gasteiger partial charge in [0.1, 0.15) is 0 Å². The highest BCUT2D eigenvalue weighted by Crippen LogP contribution is 2.27. The van der Waals surface area contributed by atoms with Gasteiger partial charge in [0, 0.05) is 6.07 Å². The molecule has 0 atom stereocenters. The third-order valence-corrected chi connectivity index (χ3v) is 2.31. The SMILES string of the molecule is CCOC(=O)C(Oc1ccccc1[N+](=O)[O-])C(=O)OCC. The van der Waals surface area contributed by atoms with Crippen molar-refractivity contribution in [1.82, 2.24) is 0 Å². The van der Waals surface area contributed by atoms with Gasteiger partial charge in [-0.1, -0.05) is 12.1 Å². The summed E-state index contributed by atoms with van der Waals surface area (Å²) in [6, 6.07) is 5.40. The molecule has 0 aliphatic heterocycles. The summed E-state index contributed by atoms with van der Waals surface area (Å²) in [4.78, 5) is 33.7. The van der Waals surface area contributed by atoms with E-state index in [2.05, 4.69) is 0 Å². The second kappa shape index (κ2) is 7.83. The summed E-state index contributed by atoms with van der Waals surface area (Å²) < 4.78 is 14.6. The molecule has 0 amide bonds. The molecule has 0 aromatic heterocycles. The first-order chi connectivity index (χ1) is 10.0. The zero-order valence-corrected chi connectivity index (χ0v) is 11.6. The normalized spacial score (nSPS) is 10.0. The van der Waals surface area contributed by atoms with Crippen LogP contribution in [0.25, 0.3) is 0 Å². The van der Waals surface area contributed by atoms with Crippen LogP contribution in [0.5, 0.6) is 5.75 Å². The Balaban J connectivity index is 3.03. The van der Waals surface area contributed by atoms with E-state index < -0.39 is 23.0 Å². The lowest BCUT2D eigenvalue weighted by Crippen LogP contribution is -2.38. The van der Waals surface area contributed by atoms with Crippen molar-refractivity contribution in [2.24, 2.45) is 0 Å². The number of nitro groups is 1. The standard InChI is InChI=1S/C13H15NO7/c1-3-19-12(15)11(13(16)20-4-2)21-10-8-6-5-7-9(10)14(17)18/h5-8,11H,3-4H2,1-2H3. The Morgan fingerprint density at radius 2 is 1.67 bits per heavy atom. The van der Waals surface area contributed by atoms with Gasteiger partial charge in [-0.25, -0.2) is 9.59 Å². The third kappa shape index (κ3) is 4.44. The topological polar surface area (TPSA) is 105 Å². The Bertz CT molecular complexity index is 511. The van der Waals surface area contributed by atoms with Gasteiger partial charge in [0.05, 0.1) is 18.1 Å². The fourth-order valence-corrected chi connectivity index (χ4v) is 1.46. The van der Waals surface area contributed by atoms with Crippen LogP contribution in [0.3, 0.4) is 0 Å². The van der Waals surface area contributed by atoms with Gasteiger partial charge in [-0.3, -0.25) is 10.1 Å². The lowest BCUT2D eigenvalue weighted by Gasteiger charge is -2.16. The summed E-state index contributed by atoms with van der Waals surface area (Å²) in [5.41, 5.74) is -0.365. The molecule has 0 spiro atoms. The Kier molecular flexibility index (Phi) is 6.12. The van der Waals surface area contributed by atoms with Crippen molar-refractivity contribution < 1.29 is 28.7 Å². The van der Waals surface area contributed by atoms with E-state index >= 15 is 0 Å². The molecule has 114 valence electrons. The van der Waals surface area contributed by atoms with Crippen LogP contribution in [0.4, 0.5) is 5.69 Å². The molecule has 8 nitrogen and oxygen atoms in total. The summed E-state index contributed by atoms with van der Waals surface area (Å²) in [5.74, 6) is -2.14. The molecule has 1 aromatic carbocycles. The molecule has 0 bridgehead atoms. The van der Waals surface area contributed by atoms with Gasteiger partial charge in [0.15, 0.2) is 5.75 Å². The zero-order valence-electron chi connectivity index (χ0n) is 11.6. The van der Waals surface area contributed by atoms with Gasteiger partial charge in [-0.15, -0.1) is 0 Å². The molecule has 0 N–H and O–H groups in total. The van der Waals surface area contributed by atoms with Crippen molar-refractivity contribution in [3.63, 3.8) is 0 Å². The van der Waals surface area contributed by atoms with Crippen LogP contribution in [0.1, 0.15) is 13.8 Å². The predicted molar refractivity (Wildman–Crippen MR) is 70.8 cm³/mol. The van der Waals surface area contributed by atoms with E-state index in [1.54, 1.807) is 13.8 Å². The zero-order chi connectivity index (χ0) is 15.8. The second-order valence-electron chi connectivity index (χ2n) is 3.73. The van der Waals surface area contributed by atoms with E-state index in [1.807, 2.05) is 0 Å². The average molecular weight is 297 g/mol. The largest absolute Gasteiger partial charge is 0.463 e. The van der Waals surface area contributed by atoms with E-state index in [-0.39, 0.29) is 24.7 Å². The fourth-order valence-electron chi connectivity index (χ4n) is 1.46. The van der Waals surface area contributed by atoms with Gasteiger partial charge >= 0.3 is 17.6 Å². The van der Waals surface area contributed by atoms with Crippen molar-refractivity contribution in [1.29, 1.82) is 0 Å². The minimum Gasteiger partial charge on any atom is -0.463 e. The molecular formula is C13H15NO7. The number of esters is 2.